The highest BCUT2D eigenvalue weighted by molar-refractivity contribution is 6.05. The van der Waals surface area contributed by atoms with Gasteiger partial charge in [-0.1, -0.05) is 18.2 Å². The topological polar surface area (TPSA) is 105 Å². The summed E-state index contributed by atoms with van der Waals surface area (Å²) in [5.74, 6) is -0.490. The van der Waals surface area contributed by atoms with E-state index in [0.29, 0.717) is 22.6 Å². The first-order chi connectivity index (χ1) is 15.5. The van der Waals surface area contributed by atoms with Gasteiger partial charge in [-0.3, -0.25) is 19.7 Å². The number of nitrogens with zero attached hydrogens (tertiary/aromatic N) is 2. The molecule has 4 rings (SSSR count). The van der Waals surface area contributed by atoms with E-state index >= 15 is 0 Å². The van der Waals surface area contributed by atoms with Crippen LogP contribution in [0.1, 0.15) is 33.6 Å². The second-order valence-electron chi connectivity index (χ2n) is 7.51. The van der Waals surface area contributed by atoms with Crippen molar-refractivity contribution < 1.29 is 14.5 Å². The van der Waals surface area contributed by atoms with Crippen LogP contribution >= 0.6 is 0 Å². The molecular formula is C24H22N4O4. The second-order valence-corrected chi connectivity index (χ2v) is 7.51. The Morgan fingerprint density at radius 1 is 0.844 bits per heavy atom. The van der Waals surface area contributed by atoms with Crippen molar-refractivity contribution in [1.82, 2.24) is 4.90 Å². The summed E-state index contributed by atoms with van der Waals surface area (Å²) in [6.07, 6.45) is 2.04. The highest BCUT2D eigenvalue weighted by Crippen LogP contribution is 2.29. The zero-order valence-corrected chi connectivity index (χ0v) is 17.3. The second kappa shape index (κ2) is 9.30. The van der Waals surface area contributed by atoms with Crippen LogP contribution in [0.4, 0.5) is 22.7 Å². The van der Waals surface area contributed by atoms with Crippen LogP contribution in [0, 0.1) is 10.1 Å². The van der Waals surface area contributed by atoms with E-state index in [2.05, 4.69) is 10.6 Å². The van der Waals surface area contributed by atoms with Crippen LogP contribution in [0.3, 0.4) is 0 Å². The maximum atomic E-state index is 12.7. The summed E-state index contributed by atoms with van der Waals surface area (Å²) in [6.45, 7) is 1.54. The number of nitro groups is 1. The maximum Gasteiger partial charge on any atom is 0.293 e. The van der Waals surface area contributed by atoms with Crippen molar-refractivity contribution in [3.63, 3.8) is 0 Å². The zero-order valence-electron chi connectivity index (χ0n) is 17.3. The fourth-order valence-electron chi connectivity index (χ4n) is 3.61. The van der Waals surface area contributed by atoms with Crippen molar-refractivity contribution in [1.29, 1.82) is 0 Å². The minimum absolute atomic E-state index is 0.0162. The third-order valence-corrected chi connectivity index (χ3v) is 5.29. The lowest BCUT2D eigenvalue weighted by molar-refractivity contribution is -0.383. The highest BCUT2D eigenvalue weighted by Gasteiger charge is 2.20. The molecule has 0 aliphatic carbocycles. The minimum Gasteiger partial charge on any atom is -0.350 e. The fraction of sp³-hybridized carbons (Fsp3) is 0.167. The lowest BCUT2D eigenvalue weighted by atomic mass is 10.1. The first-order valence-corrected chi connectivity index (χ1v) is 10.3. The molecule has 1 saturated heterocycles. The Morgan fingerprint density at radius 2 is 1.50 bits per heavy atom. The molecule has 8 nitrogen and oxygen atoms in total. The van der Waals surface area contributed by atoms with Crippen LogP contribution < -0.4 is 10.6 Å². The van der Waals surface area contributed by atoms with Crippen molar-refractivity contribution in [3.8, 4) is 0 Å². The first kappa shape index (κ1) is 21.0. The molecule has 0 unspecified atom stereocenters. The van der Waals surface area contributed by atoms with E-state index in [4.69, 9.17) is 0 Å². The molecule has 0 spiro atoms. The van der Waals surface area contributed by atoms with E-state index in [1.165, 1.54) is 18.2 Å². The van der Waals surface area contributed by atoms with Crippen LogP contribution in [0.25, 0.3) is 0 Å². The number of benzene rings is 3. The number of nitrogens with one attached hydrogen (secondary N) is 2. The molecule has 1 heterocycles. The average Bonchev–Trinajstić information content (AvgIpc) is 3.35. The molecule has 0 bridgehead atoms. The van der Waals surface area contributed by atoms with Gasteiger partial charge >= 0.3 is 0 Å². The summed E-state index contributed by atoms with van der Waals surface area (Å²) < 4.78 is 0. The van der Waals surface area contributed by atoms with E-state index in [0.717, 1.165) is 25.9 Å². The Morgan fingerprint density at radius 3 is 2.16 bits per heavy atom. The van der Waals surface area contributed by atoms with E-state index in [-0.39, 0.29) is 17.2 Å². The monoisotopic (exact) mass is 430 g/mol. The van der Waals surface area contributed by atoms with Crippen molar-refractivity contribution in [2.75, 3.05) is 23.7 Å². The quantitative estimate of drug-likeness (QED) is 0.431. The Balaban J connectivity index is 1.47. The van der Waals surface area contributed by atoms with Gasteiger partial charge in [-0.2, -0.15) is 0 Å². The Labute approximate surface area is 185 Å². The van der Waals surface area contributed by atoms with Gasteiger partial charge in [0.15, 0.2) is 0 Å². The molecule has 8 heteroatoms. The molecule has 0 radical (unpaired) electrons. The zero-order chi connectivity index (χ0) is 22.5. The first-order valence-electron chi connectivity index (χ1n) is 10.3. The number of carbonyl (C=O) groups excluding carboxylic acids is 2. The van der Waals surface area contributed by atoms with E-state index in [9.17, 15) is 19.7 Å². The van der Waals surface area contributed by atoms with E-state index in [1.807, 2.05) is 23.1 Å². The maximum absolute atomic E-state index is 12.7. The summed E-state index contributed by atoms with van der Waals surface area (Å²) in [7, 11) is 0. The number of anilines is 3. The Kier molecular flexibility index (Phi) is 6.12. The van der Waals surface area contributed by atoms with Gasteiger partial charge in [-0.15, -0.1) is 0 Å². The molecule has 32 heavy (non-hydrogen) atoms. The van der Waals surface area contributed by atoms with Crippen molar-refractivity contribution in [2.45, 2.75) is 12.8 Å². The molecule has 0 aromatic heterocycles. The van der Waals surface area contributed by atoms with E-state index in [1.54, 1.807) is 36.4 Å². The number of hydrogen-bond donors (Lipinski definition) is 2. The Bertz CT molecular complexity index is 1140. The number of nitro benzene ring substituents is 1. The minimum atomic E-state index is -0.527. The van der Waals surface area contributed by atoms with Crippen molar-refractivity contribution >= 4 is 34.6 Å². The molecule has 3 aromatic rings. The molecule has 2 amide bonds. The normalized spacial score (nSPS) is 12.9. The SMILES string of the molecule is O=C(Nc1ccc(C(=O)N2CCCC2)cc1)c1ccc(Nc2ccccc2)c([N+](=O)[O-])c1. The molecule has 162 valence electrons. The van der Waals surface area contributed by atoms with Gasteiger partial charge in [-0.25, -0.2) is 0 Å². The van der Waals surface area contributed by atoms with Crippen LogP contribution in [-0.4, -0.2) is 34.7 Å². The van der Waals surface area contributed by atoms with Gasteiger partial charge in [0, 0.05) is 41.7 Å². The number of hydrogen-bond acceptors (Lipinski definition) is 5. The summed E-state index contributed by atoms with van der Waals surface area (Å²) in [6, 6.07) is 20.0. The van der Waals surface area contributed by atoms with Gasteiger partial charge < -0.3 is 15.5 Å². The molecule has 0 atom stereocenters. The predicted molar refractivity (Wildman–Crippen MR) is 122 cm³/mol. The summed E-state index contributed by atoms with van der Waals surface area (Å²) in [4.78, 5) is 37.9. The summed E-state index contributed by atoms with van der Waals surface area (Å²) >= 11 is 0. The molecule has 0 saturated carbocycles. The Hall–Kier alpha value is -4.20. The molecule has 1 aliphatic heterocycles. The lowest BCUT2D eigenvalue weighted by Crippen LogP contribution is -2.27. The number of rotatable bonds is 6. The summed E-state index contributed by atoms with van der Waals surface area (Å²) in [5.41, 5.74) is 2.03. The van der Waals surface area contributed by atoms with Gasteiger partial charge in [0.05, 0.1) is 4.92 Å². The largest absolute Gasteiger partial charge is 0.350 e. The average molecular weight is 430 g/mol. The van der Waals surface area contributed by atoms with Gasteiger partial charge in [0.25, 0.3) is 17.5 Å². The fourth-order valence-corrected chi connectivity index (χ4v) is 3.61. The third-order valence-electron chi connectivity index (χ3n) is 5.29. The van der Waals surface area contributed by atoms with Crippen molar-refractivity contribution in [2.24, 2.45) is 0 Å². The standard InChI is InChI=1S/C24H22N4O4/c29-23(26-20-11-8-17(9-12-20)24(30)27-14-4-5-15-27)18-10-13-21(22(16-18)28(31)32)25-19-6-2-1-3-7-19/h1-3,6-13,16,25H,4-5,14-15H2,(H,26,29). The van der Waals surface area contributed by atoms with Crippen LogP contribution in [0.15, 0.2) is 72.8 Å². The molecule has 3 aromatic carbocycles. The van der Waals surface area contributed by atoms with Gasteiger partial charge in [0.1, 0.15) is 5.69 Å². The van der Waals surface area contributed by atoms with Crippen LogP contribution in [-0.2, 0) is 0 Å². The van der Waals surface area contributed by atoms with Gasteiger partial charge in [0.2, 0.25) is 0 Å². The highest BCUT2D eigenvalue weighted by atomic mass is 16.6. The molecule has 1 fully saturated rings. The van der Waals surface area contributed by atoms with Gasteiger partial charge in [-0.05, 0) is 61.4 Å². The van der Waals surface area contributed by atoms with Crippen LogP contribution in [0.5, 0.6) is 0 Å². The molecule has 2 N–H and O–H groups in total. The van der Waals surface area contributed by atoms with Crippen molar-refractivity contribution in [3.05, 3.63) is 94.0 Å². The van der Waals surface area contributed by atoms with Crippen LogP contribution in [0.2, 0.25) is 0 Å². The third kappa shape index (κ3) is 4.75. The summed E-state index contributed by atoms with van der Waals surface area (Å²) in [5, 5.41) is 17.3. The predicted octanol–water partition coefficient (Wildman–Crippen LogP) is 4.83. The smallest absolute Gasteiger partial charge is 0.293 e. The number of likely N-dealkylation sites (tertiary alicyclic amines) is 1. The number of amides is 2. The molecule has 1 aliphatic rings. The lowest BCUT2D eigenvalue weighted by Gasteiger charge is -2.15. The number of para-hydroxylation sites is 1. The van der Waals surface area contributed by atoms with E-state index < -0.39 is 10.8 Å². The number of carbonyl (C=O) groups is 2. The molecular weight excluding hydrogens is 408 g/mol.